The number of hydrogen-bond donors (Lipinski definition) is 1. The Bertz CT molecular complexity index is 632. The van der Waals surface area contributed by atoms with Gasteiger partial charge >= 0.3 is 12.5 Å². The molecule has 2 aromatic carbocycles. The Labute approximate surface area is 124 Å². The highest BCUT2D eigenvalue weighted by atomic mass is 19.3. The van der Waals surface area contributed by atoms with Crippen LogP contribution in [0.3, 0.4) is 0 Å². The Balaban J connectivity index is 2.11. The standard InChI is InChI=1S/C15H12F4N2O/c16-14(17)15(18,19)22-13-9-5-4-6-11(13)10-20-21-12-7-2-1-3-8-12/h1-10,14,21H. The van der Waals surface area contributed by atoms with Gasteiger partial charge in [-0.15, -0.1) is 0 Å². The quantitative estimate of drug-likeness (QED) is 0.488. The molecule has 7 heteroatoms. The van der Waals surface area contributed by atoms with Crippen LogP contribution in [0.5, 0.6) is 5.75 Å². The van der Waals surface area contributed by atoms with Crippen molar-refractivity contribution in [3.8, 4) is 5.75 Å². The van der Waals surface area contributed by atoms with Crippen LogP contribution < -0.4 is 10.2 Å². The van der Waals surface area contributed by atoms with Crippen molar-refractivity contribution in [2.24, 2.45) is 5.10 Å². The highest BCUT2D eigenvalue weighted by Crippen LogP contribution is 2.29. The number of anilines is 1. The third-order valence-corrected chi connectivity index (χ3v) is 2.59. The van der Waals surface area contributed by atoms with Crippen molar-refractivity contribution in [1.82, 2.24) is 0 Å². The molecule has 2 rings (SSSR count). The smallest absolute Gasteiger partial charge is 0.428 e. The first kappa shape index (κ1) is 15.8. The number of hydrazone groups is 1. The zero-order chi connectivity index (χ0) is 16.0. The van der Waals surface area contributed by atoms with Crippen molar-refractivity contribution in [1.29, 1.82) is 0 Å². The van der Waals surface area contributed by atoms with E-state index >= 15 is 0 Å². The van der Waals surface area contributed by atoms with Crippen LogP contribution in [0.2, 0.25) is 0 Å². The van der Waals surface area contributed by atoms with Gasteiger partial charge in [0.15, 0.2) is 0 Å². The van der Waals surface area contributed by atoms with Gasteiger partial charge in [-0.3, -0.25) is 5.43 Å². The van der Waals surface area contributed by atoms with Gasteiger partial charge in [-0.1, -0.05) is 30.3 Å². The van der Waals surface area contributed by atoms with Crippen LogP contribution in [0.25, 0.3) is 0 Å². The second kappa shape index (κ2) is 6.93. The number of para-hydroxylation sites is 2. The molecule has 0 aromatic heterocycles. The Morgan fingerprint density at radius 3 is 2.32 bits per heavy atom. The number of nitrogens with zero attached hydrogens (tertiary/aromatic N) is 1. The first-order valence-corrected chi connectivity index (χ1v) is 6.27. The summed E-state index contributed by atoms with van der Waals surface area (Å²) < 4.78 is 54.4. The fraction of sp³-hybridized carbons (Fsp3) is 0.133. The van der Waals surface area contributed by atoms with Crippen molar-refractivity contribution in [2.45, 2.75) is 12.5 Å². The maximum Gasteiger partial charge on any atom is 0.461 e. The number of rotatable bonds is 6. The van der Waals surface area contributed by atoms with Crippen LogP contribution in [0.4, 0.5) is 23.2 Å². The summed E-state index contributed by atoms with van der Waals surface area (Å²) in [5.74, 6) is -0.383. The molecule has 0 bridgehead atoms. The van der Waals surface area contributed by atoms with Gasteiger partial charge in [0.05, 0.1) is 11.9 Å². The topological polar surface area (TPSA) is 33.6 Å². The summed E-state index contributed by atoms with van der Waals surface area (Å²) in [6.45, 7) is 0. The molecule has 3 nitrogen and oxygen atoms in total. The van der Waals surface area contributed by atoms with Gasteiger partial charge in [-0.2, -0.15) is 22.7 Å². The molecular formula is C15H12F4N2O. The molecule has 0 atom stereocenters. The first-order chi connectivity index (χ1) is 10.5. The summed E-state index contributed by atoms with van der Waals surface area (Å²) in [5, 5.41) is 3.86. The molecule has 2 aromatic rings. The maximum absolute atomic E-state index is 13.0. The summed E-state index contributed by atoms with van der Waals surface area (Å²) in [6.07, 6.45) is -7.26. The highest BCUT2D eigenvalue weighted by Gasteiger charge is 2.44. The minimum Gasteiger partial charge on any atom is -0.428 e. The highest BCUT2D eigenvalue weighted by molar-refractivity contribution is 5.84. The molecule has 116 valence electrons. The minimum atomic E-state index is -4.56. The molecule has 0 unspecified atom stereocenters. The van der Waals surface area contributed by atoms with Gasteiger partial charge in [0.2, 0.25) is 0 Å². The number of alkyl halides is 4. The number of nitrogens with one attached hydrogen (secondary N) is 1. The molecule has 0 spiro atoms. The lowest BCUT2D eigenvalue weighted by molar-refractivity contribution is -0.253. The molecule has 0 amide bonds. The van der Waals surface area contributed by atoms with Crippen LogP contribution in [-0.2, 0) is 0 Å². The molecular weight excluding hydrogens is 300 g/mol. The van der Waals surface area contributed by atoms with Crippen LogP contribution >= 0.6 is 0 Å². The molecule has 0 heterocycles. The van der Waals surface area contributed by atoms with Crippen LogP contribution in [0, 0.1) is 0 Å². The van der Waals surface area contributed by atoms with E-state index in [2.05, 4.69) is 15.3 Å². The Kier molecular flexibility index (Phi) is 4.98. The summed E-state index contributed by atoms with van der Waals surface area (Å²) >= 11 is 0. The largest absolute Gasteiger partial charge is 0.461 e. The van der Waals surface area contributed by atoms with Crippen molar-refractivity contribution < 1.29 is 22.3 Å². The zero-order valence-electron chi connectivity index (χ0n) is 11.2. The normalized spacial score (nSPS) is 11.9. The average molecular weight is 312 g/mol. The monoisotopic (exact) mass is 312 g/mol. The van der Waals surface area contributed by atoms with E-state index < -0.39 is 12.5 Å². The van der Waals surface area contributed by atoms with E-state index in [0.717, 1.165) is 0 Å². The van der Waals surface area contributed by atoms with Gasteiger partial charge < -0.3 is 4.74 Å². The molecule has 0 aliphatic carbocycles. The number of benzene rings is 2. The van der Waals surface area contributed by atoms with E-state index in [9.17, 15) is 17.6 Å². The maximum atomic E-state index is 13.0. The third kappa shape index (κ3) is 4.21. The van der Waals surface area contributed by atoms with Gasteiger partial charge in [0.25, 0.3) is 0 Å². The van der Waals surface area contributed by atoms with E-state index in [4.69, 9.17) is 0 Å². The lowest BCUT2D eigenvalue weighted by Crippen LogP contribution is -2.33. The SMILES string of the molecule is FC(F)C(F)(F)Oc1ccccc1C=NNc1ccccc1. The van der Waals surface area contributed by atoms with E-state index in [0.29, 0.717) is 5.69 Å². The van der Waals surface area contributed by atoms with Crippen molar-refractivity contribution in [3.63, 3.8) is 0 Å². The molecule has 0 saturated heterocycles. The molecule has 1 N–H and O–H groups in total. The summed E-state index contributed by atoms with van der Waals surface area (Å²) in [7, 11) is 0. The third-order valence-electron chi connectivity index (χ3n) is 2.59. The van der Waals surface area contributed by atoms with Gasteiger partial charge in [0, 0.05) is 5.56 Å². The van der Waals surface area contributed by atoms with Crippen molar-refractivity contribution >= 4 is 11.9 Å². The molecule has 0 aliphatic heterocycles. The predicted molar refractivity (Wildman–Crippen MR) is 75.7 cm³/mol. The van der Waals surface area contributed by atoms with E-state index in [1.807, 2.05) is 6.07 Å². The Morgan fingerprint density at radius 1 is 1.00 bits per heavy atom. The molecule has 0 aliphatic rings. The van der Waals surface area contributed by atoms with Crippen molar-refractivity contribution in [2.75, 3.05) is 5.43 Å². The van der Waals surface area contributed by atoms with E-state index in [1.54, 1.807) is 30.3 Å². The summed E-state index contributed by atoms with van der Waals surface area (Å²) in [4.78, 5) is 0. The van der Waals surface area contributed by atoms with E-state index in [1.165, 1.54) is 24.4 Å². The predicted octanol–water partition coefficient (Wildman–Crippen LogP) is 4.37. The number of ether oxygens (including phenoxy) is 1. The van der Waals surface area contributed by atoms with Gasteiger partial charge in [-0.05, 0) is 24.3 Å². The lowest BCUT2D eigenvalue weighted by atomic mass is 10.2. The van der Waals surface area contributed by atoms with E-state index in [-0.39, 0.29) is 11.3 Å². The zero-order valence-corrected chi connectivity index (χ0v) is 11.2. The average Bonchev–Trinajstić information content (AvgIpc) is 2.49. The fourth-order valence-corrected chi connectivity index (χ4v) is 1.56. The van der Waals surface area contributed by atoms with Gasteiger partial charge in [0.1, 0.15) is 5.75 Å². The minimum absolute atomic E-state index is 0.145. The first-order valence-electron chi connectivity index (χ1n) is 6.27. The van der Waals surface area contributed by atoms with Crippen molar-refractivity contribution in [3.05, 3.63) is 60.2 Å². The van der Waals surface area contributed by atoms with Crippen LogP contribution in [0.15, 0.2) is 59.7 Å². The van der Waals surface area contributed by atoms with Crippen LogP contribution in [0.1, 0.15) is 5.56 Å². The number of halogens is 4. The Hall–Kier alpha value is -2.57. The summed E-state index contributed by atoms with van der Waals surface area (Å²) in [5.41, 5.74) is 3.52. The van der Waals surface area contributed by atoms with Crippen LogP contribution in [-0.4, -0.2) is 18.7 Å². The lowest BCUT2D eigenvalue weighted by Gasteiger charge is -2.17. The Morgan fingerprint density at radius 2 is 1.64 bits per heavy atom. The van der Waals surface area contributed by atoms with Gasteiger partial charge in [-0.25, -0.2) is 0 Å². The molecule has 0 saturated carbocycles. The number of hydrogen-bond acceptors (Lipinski definition) is 3. The fourth-order valence-electron chi connectivity index (χ4n) is 1.56. The second-order valence-electron chi connectivity index (χ2n) is 4.24. The summed E-state index contributed by atoms with van der Waals surface area (Å²) in [6, 6.07) is 14.5. The molecule has 0 fully saturated rings. The second-order valence-corrected chi connectivity index (χ2v) is 4.24. The molecule has 22 heavy (non-hydrogen) atoms. The molecule has 0 radical (unpaired) electrons.